The zero-order valence-corrected chi connectivity index (χ0v) is 22.8. The van der Waals surface area contributed by atoms with Crippen molar-refractivity contribution in [2.45, 2.75) is 13.5 Å². The Morgan fingerprint density at radius 3 is 2.47 bits per heavy atom. The largest absolute Gasteiger partial charge is 0.293 e. The molecule has 1 N–H and O–H groups in total. The summed E-state index contributed by atoms with van der Waals surface area (Å²) in [6, 6.07) is 24.6. The Morgan fingerprint density at radius 2 is 1.79 bits per heavy atom. The summed E-state index contributed by atoms with van der Waals surface area (Å²) in [4.78, 5) is 30.2. The van der Waals surface area contributed by atoms with E-state index in [4.69, 9.17) is 0 Å². The number of allylic oxidation sites excluding steroid dienone is 3. The number of hydrogen-bond acceptors (Lipinski definition) is 4. The Bertz CT molecular complexity index is 1400. The van der Waals surface area contributed by atoms with Crippen LogP contribution in [0.2, 0.25) is 0 Å². The highest BCUT2D eigenvalue weighted by molar-refractivity contribution is 9.10. The van der Waals surface area contributed by atoms with Gasteiger partial charge in [-0.15, -0.1) is 0 Å². The number of anilines is 1. The van der Waals surface area contributed by atoms with Crippen molar-refractivity contribution >= 4 is 39.1 Å². The van der Waals surface area contributed by atoms with Crippen LogP contribution >= 0.6 is 15.9 Å². The van der Waals surface area contributed by atoms with Crippen LogP contribution in [0.4, 0.5) is 5.69 Å². The SMILES string of the molecule is C=C/C(=C\C=C/C)CN(Cc1ccccc1)CN1C(=O)/C(=N\NC(=O)c2ccccc2)c2cc(Br)ccc21. The summed E-state index contributed by atoms with van der Waals surface area (Å²) >= 11 is 3.50. The van der Waals surface area contributed by atoms with Crippen LogP contribution in [0.5, 0.6) is 0 Å². The first kappa shape index (κ1) is 27.0. The van der Waals surface area contributed by atoms with Crippen LogP contribution < -0.4 is 10.3 Å². The van der Waals surface area contributed by atoms with E-state index in [-0.39, 0.29) is 17.5 Å². The number of hydrazone groups is 1. The van der Waals surface area contributed by atoms with Gasteiger partial charge in [-0.25, -0.2) is 5.43 Å². The van der Waals surface area contributed by atoms with Crippen molar-refractivity contribution in [1.29, 1.82) is 0 Å². The van der Waals surface area contributed by atoms with Crippen LogP contribution in [0.3, 0.4) is 0 Å². The molecule has 1 heterocycles. The van der Waals surface area contributed by atoms with Gasteiger partial charge in [0.05, 0.1) is 12.4 Å². The molecule has 7 heteroatoms. The van der Waals surface area contributed by atoms with Gasteiger partial charge in [-0.2, -0.15) is 5.10 Å². The molecule has 0 radical (unpaired) electrons. The van der Waals surface area contributed by atoms with E-state index in [9.17, 15) is 9.59 Å². The second-order valence-electron chi connectivity index (χ2n) is 8.75. The molecular weight excluding hydrogens is 540 g/mol. The number of amides is 2. The first-order valence-electron chi connectivity index (χ1n) is 12.3. The number of nitrogens with zero attached hydrogens (tertiary/aromatic N) is 3. The number of nitrogens with one attached hydrogen (secondary N) is 1. The van der Waals surface area contributed by atoms with E-state index in [0.717, 1.165) is 21.3 Å². The minimum atomic E-state index is -0.378. The molecule has 2 amide bonds. The molecule has 0 fully saturated rings. The molecule has 38 heavy (non-hydrogen) atoms. The Hall–Kier alpha value is -4.07. The van der Waals surface area contributed by atoms with E-state index < -0.39 is 0 Å². The maximum absolute atomic E-state index is 13.7. The van der Waals surface area contributed by atoms with Crippen molar-refractivity contribution in [3.63, 3.8) is 0 Å². The van der Waals surface area contributed by atoms with Crippen molar-refractivity contribution in [3.05, 3.63) is 136 Å². The average Bonchev–Trinajstić information content (AvgIpc) is 3.19. The van der Waals surface area contributed by atoms with Crippen molar-refractivity contribution in [2.75, 3.05) is 18.1 Å². The maximum atomic E-state index is 13.7. The average molecular weight is 570 g/mol. The standard InChI is InChI=1S/C31H29BrN4O2/c1-3-5-12-23(4-2)20-35(21-24-13-8-6-9-14-24)22-36-28-18-17-26(32)19-27(28)29(31(36)38)33-34-30(37)25-15-10-7-11-16-25/h3-19H,2,20-22H2,1H3,(H,34,37)/b5-3-,23-12+,33-29-. The fourth-order valence-corrected chi connectivity index (χ4v) is 4.52. The lowest BCUT2D eigenvalue weighted by Gasteiger charge is -2.28. The van der Waals surface area contributed by atoms with E-state index in [1.807, 2.05) is 73.7 Å². The highest BCUT2D eigenvalue weighted by Gasteiger charge is 2.35. The molecule has 0 aliphatic carbocycles. The summed E-state index contributed by atoms with van der Waals surface area (Å²) in [5.74, 6) is -0.654. The lowest BCUT2D eigenvalue weighted by molar-refractivity contribution is -0.112. The normalized spacial score (nSPS) is 14.4. The van der Waals surface area contributed by atoms with Gasteiger partial charge in [0.15, 0.2) is 5.71 Å². The topological polar surface area (TPSA) is 65.0 Å². The molecule has 4 rings (SSSR count). The zero-order chi connectivity index (χ0) is 26.9. The molecule has 1 aliphatic rings. The second kappa shape index (κ2) is 12.9. The third kappa shape index (κ3) is 6.62. The van der Waals surface area contributed by atoms with E-state index >= 15 is 0 Å². The summed E-state index contributed by atoms with van der Waals surface area (Å²) in [5, 5.41) is 4.27. The molecule has 1 aliphatic heterocycles. The molecule has 3 aromatic rings. The fraction of sp³-hybridized carbons (Fsp3) is 0.129. The molecule has 0 bridgehead atoms. The quantitative estimate of drug-likeness (QED) is 0.238. The van der Waals surface area contributed by atoms with Gasteiger partial charge in [0.2, 0.25) is 0 Å². The smallest absolute Gasteiger partial charge is 0.280 e. The number of carbonyl (C=O) groups is 2. The van der Waals surface area contributed by atoms with E-state index in [1.54, 1.807) is 29.2 Å². The van der Waals surface area contributed by atoms with Gasteiger partial charge < -0.3 is 0 Å². The van der Waals surface area contributed by atoms with Gasteiger partial charge in [0.1, 0.15) is 0 Å². The third-order valence-electron chi connectivity index (χ3n) is 6.02. The molecule has 0 aromatic heterocycles. The summed E-state index contributed by atoms with van der Waals surface area (Å²) < 4.78 is 0.817. The number of benzene rings is 3. The minimum absolute atomic E-state index is 0.193. The van der Waals surface area contributed by atoms with Crippen molar-refractivity contribution in [1.82, 2.24) is 10.3 Å². The summed E-state index contributed by atoms with van der Waals surface area (Å²) in [6.07, 6.45) is 7.80. The van der Waals surface area contributed by atoms with Crippen LogP contribution in [-0.2, 0) is 11.3 Å². The Balaban J connectivity index is 1.64. The van der Waals surface area contributed by atoms with Gasteiger partial charge in [0, 0.05) is 28.7 Å². The van der Waals surface area contributed by atoms with Crippen LogP contribution in [0.1, 0.15) is 28.4 Å². The molecule has 0 atom stereocenters. The Morgan fingerprint density at radius 1 is 1.08 bits per heavy atom. The molecule has 0 unspecified atom stereocenters. The van der Waals surface area contributed by atoms with Gasteiger partial charge in [-0.3, -0.25) is 19.4 Å². The van der Waals surface area contributed by atoms with Crippen LogP contribution in [0.25, 0.3) is 0 Å². The van der Waals surface area contributed by atoms with Crippen LogP contribution in [0, 0.1) is 0 Å². The summed E-state index contributed by atoms with van der Waals surface area (Å²) in [5.41, 5.74) is 6.77. The Kier molecular flexibility index (Phi) is 9.19. The molecular formula is C31H29BrN4O2. The van der Waals surface area contributed by atoms with Crippen LogP contribution in [-0.4, -0.2) is 35.6 Å². The highest BCUT2D eigenvalue weighted by Crippen LogP contribution is 2.32. The van der Waals surface area contributed by atoms with Crippen molar-refractivity contribution in [3.8, 4) is 0 Å². The van der Waals surface area contributed by atoms with Crippen LogP contribution in [0.15, 0.2) is 125 Å². The monoisotopic (exact) mass is 568 g/mol. The molecule has 0 saturated heterocycles. The van der Waals surface area contributed by atoms with Crippen molar-refractivity contribution < 1.29 is 9.59 Å². The number of halogens is 1. The maximum Gasteiger partial charge on any atom is 0.280 e. The lowest BCUT2D eigenvalue weighted by Crippen LogP contribution is -2.42. The first-order chi connectivity index (χ1) is 18.5. The highest BCUT2D eigenvalue weighted by atomic mass is 79.9. The van der Waals surface area contributed by atoms with E-state index in [0.29, 0.717) is 30.9 Å². The van der Waals surface area contributed by atoms with Gasteiger partial charge in [-0.1, -0.05) is 95.3 Å². The number of rotatable bonds is 10. The predicted octanol–water partition coefficient (Wildman–Crippen LogP) is 6.08. The third-order valence-corrected chi connectivity index (χ3v) is 6.51. The van der Waals surface area contributed by atoms with E-state index in [1.165, 1.54) is 0 Å². The summed E-state index contributed by atoms with van der Waals surface area (Å²) in [6.45, 7) is 7.49. The van der Waals surface area contributed by atoms with E-state index in [2.05, 4.69) is 50.1 Å². The molecule has 0 spiro atoms. The molecule has 6 nitrogen and oxygen atoms in total. The second-order valence-corrected chi connectivity index (χ2v) is 9.66. The predicted molar refractivity (Wildman–Crippen MR) is 157 cm³/mol. The fourth-order valence-electron chi connectivity index (χ4n) is 4.16. The molecule has 0 saturated carbocycles. The van der Waals surface area contributed by atoms with Gasteiger partial charge >= 0.3 is 0 Å². The number of fused-ring (bicyclic) bond motifs is 1. The first-order valence-corrected chi connectivity index (χ1v) is 13.0. The molecule has 3 aromatic carbocycles. The zero-order valence-electron chi connectivity index (χ0n) is 21.2. The minimum Gasteiger partial charge on any atom is -0.293 e. The van der Waals surface area contributed by atoms with Gasteiger partial charge in [0.25, 0.3) is 11.8 Å². The van der Waals surface area contributed by atoms with Gasteiger partial charge in [-0.05, 0) is 48.4 Å². The number of carbonyl (C=O) groups excluding carboxylic acids is 2. The lowest BCUT2D eigenvalue weighted by atomic mass is 10.1. The Labute approximate surface area is 231 Å². The summed E-state index contributed by atoms with van der Waals surface area (Å²) in [7, 11) is 0. The molecule has 192 valence electrons. The number of hydrogen-bond donors (Lipinski definition) is 1. The van der Waals surface area contributed by atoms with Crippen molar-refractivity contribution in [2.24, 2.45) is 5.10 Å².